The maximum atomic E-state index is 11.5. The Labute approximate surface area is 103 Å². The quantitative estimate of drug-likeness (QED) is 0.745. The Balaban J connectivity index is 2.00. The summed E-state index contributed by atoms with van der Waals surface area (Å²) in [6.45, 7) is 4.67. The molecule has 0 saturated carbocycles. The van der Waals surface area contributed by atoms with Gasteiger partial charge in [-0.05, 0) is 50.0 Å². The molecule has 2 fully saturated rings. The third-order valence-electron chi connectivity index (χ3n) is 4.28. The predicted molar refractivity (Wildman–Crippen MR) is 67.8 cm³/mol. The Morgan fingerprint density at radius 3 is 2.75 bits per heavy atom. The molecule has 0 bridgehead atoms. The van der Waals surface area contributed by atoms with E-state index in [1.54, 1.807) is 6.92 Å². The van der Waals surface area contributed by atoms with Gasteiger partial charge >= 0.3 is 0 Å². The molecule has 2 atom stereocenters. The van der Waals surface area contributed by atoms with Gasteiger partial charge in [-0.25, -0.2) is 0 Å². The van der Waals surface area contributed by atoms with E-state index in [1.165, 1.54) is 24.3 Å². The molecule has 16 heavy (non-hydrogen) atoms. The zero-order valence-corrected chi connectivity index (χ0v) is 11.1. The van der Waals surface area contributed by atoms with Crippen LogP contribution < -0.4 is 0 Å². The number of hydrogen-bond acceptors (Lipinski definition) is 3. The summed E-state index contributed by atoms with van der Waals surface area (Å²) in [7, 11) is 0. The van der Waals surface area contributed by atoms with Crippen molar-refractivity contribution in [3.05, 3.63) is 0 Å². The van der Waals surface area contributed by atoms with Gasteiger partial charge in [0.15, 0.2) is 0 Å². The number of carbonyl (C=O) groups is 1. The SMILES string of the molecule is CC(=O)C(C)C1CCOC2(CCSCC2)C1. The van der Waals surface area contributed by atoms with Gasteiger partial charge in [-0.15, -0.1) is 0 Å². The smallest absolute Gasteiger partial charge is 0.132 e. The van der Waals surface area contributed by atoms with E-state index in [1.807, 2.05) is 11.8 Å². The van der Waals surface area contributed by atoms with Crippen LogP contribution in [0, 0.1) is 11.8 Å². The summed E-state index contributed by atoms with van der Waals surface area (Å²) in [4.78, 5) is 11.5. The molecule has 2 aliphatic rings. The van der Waals surface area contributed by atoms with E-state index >= 15 is 0 Å². The first-order valence-electron chi connectivity index (χ1n) is 6.35. The zero-order chi connectivity index (χ0) is 11.6. The van der Waals surface area contributed by atoms with Gasteiger partial charge in [-0.1, -0.05) is 6.92 Å². The molecule has 1 spiro atoms. The Bertz CT molecular complexity index is 253. The van der Waals surface area contributed by atoms with Crippen molar-refractivity contribution in [3.8, 4) is 0 Å². The molecule has 0 aromatic carbocycles. The van der Waals surface area contributed by atoms with Gasteiger partial charge in [-0.2, -0.15) is 11.8 Å². The van der Waals surface area contributed by atoms with E-state index in [0.29, 0.717) is 11.7 Å². The van der Waals surface area contributed by atoms with Crippen LogP contribution in [0.1, 0.15) is 39.5 Å². The van der Waals surface area contributed by atoms with Crippen LogP contribution in [0.3, 0.4) is 0 Å². The average Bonchev–Trinajstić information content (AvgIpc) is 2.29. The lowest BCUT2D eigenvalue weighted by atomic mass is 9.75. The molecule has 2 saturated heterocycles. The third-order valence-corrected chi connectivity index (χ3v) is 5.27. The molecule has 2 heterocycles. The first-order valence-corrected chi connectivity index (χ1v) is 7.51. The lowest BCUT2D eigenvalue weighted by Crippen LogP contribution is -2.44. The molecule has 92 valence electrons. The number of hydrogen-bond donors (Lipinski definition) is 0. The second-order valence-electron chi connectivity index (χ2n) is 5.30. The summed E-state index contributed by atoms with van der Waals surface area (Å²) in [6, 6.07) is 0. The fourth-order valence-electron chi connectivity index (χ4n) is 2.92. The summed E-state index contributed by atoms with van der Waals surface area (Å²) in [5.74, 6) is 3.56. The summed E-state index contributed by atoms with van der Waals surface area (Å²) < 4.78 is 6.04. The van der Waals surface area contributed by atoms with Crippen LogP contribution in [0.4, 0.5) is 0 Å². The monoisotopic (exact) mass is 242 g/mol. The molecular formula is C13H22O2S. The number of ketones is 1. The van der Waals surface area contributed by atoms with Crippen molar-refractivity contribution in [2.75, 3.05) is 18.1 Å². The molecule has 0 N–H and O–H groups in total. The van der Waals surface area contributed by atoms with Gasteiger partial charge in [0, 0.05) is 12.5 Å². The predicted octanol–water partition coefficient (Wildman–Crippen LogP) is 2.90. The summed E-state index contributed by atoms with van der Waals surface area (Å²) in [6.07, 6.45) is 4.53. The highest BCUT2D eigenvalue weighted by atomic mass is 32.2. The normalized spacial score (nSPS) is 31.2. The van der Waals surface area contributed by atoms with Gasteiger partial charge in [0.2, 0.25) is 0 Å². The molecule has 0 aromatic rings. The molecule has 0 amide bonds. The number of ether oxygens (including phenoxy) is 1. The van der Waals surface area contributed by atoms with Gasteiger partial charge in [0.05, 0.1) is 5.60 Å². The molecule has 2 rings (SSSR count). The maximum Gasteiger partial charge on any atom is 0.132 e. The fraction of sp³-hybridized carbons (Fsp3) is 0.923. The van der Waals surface area contributed by atoms with E-state index in [4.69, 9.17) is 4.74 Å². The highest BCUT2D eigenvalue weighted by Crippen LogP contribution is 2.41. The fourth-order valence-corrected chi connectivity index (χ4v) is 4.15. The number of thioether (sulfide) groups is 1. The second-order valence-corrected chi connectivity index (χ2v) is 6.52. The Morgan fingerprint density at radius 1 is 1.44 bits per heavy atom. The minimum absolute atomic E-state index is 0.123. The highest BCUT2D eigenvalue weighted by molar-refractivity contribution is 7.99. The van der Waals surface area contributed by atoms with E-state index < -0.39 is 0 Å². The maximum absolute atomic E-state index is 11.5. The van der Waals surface area contributed by atoms with Crippen molar-refractivity contribution in [2.45, 2.75) is 45.1 Å². The van der Waals surface area contributed by atoms with Crippen LogP contribution in [0.15, 0.2) is 0 Å². The topological polar surface area (TPSA) is 26.3 Å². The molecule has 0 radical (unpaired) electrons. The van der Waals surface area contributed by atoms with Crippen LogP contribution in [0.25, 0.3) is 0 Å². The van der Waals surface area contributed by atoms with Crippen molar-refractivity contribution in [1.29, 1.82) is 0 Å². The van der Waals surface area contributed by atoms with Crippen LogP contribution in [0.5, 0.6) is 0 Å². The lowest BCUT2D eigenvalue weighted by Gasteiger charge is -2.44. The van der Waals surface area contributed by atoms with E-state index in [2.05, 4.69) is 6.92 Å². The van der Waals surface area contributed by atoms with E-state index in [9.17, 15) is 4.79 Å². The van der Waals surface area contributed by atoms with Crippen molar-refractivity contribution in [3.63, 3.8) is 0 Å². The summed E-state index contributed by atoms with van der Waals surface area (Å²) >= 11 is 2.03. The number of carbonyl (C=O) groups excluding carboxylic acids is 1. The number of rotatable bonds is 2. The van der Waals surface area contributed by atoms with Gasteiger partial charge in [-0.3, -0.25) is 4.79 Å². The standard InChI is InChI=1S/C13H22O2S/c1-10(11(2)14)12-3-6-15-13(9-12)4-7-16-8-5-13/h10,12H,3-9H2,1-2H3. The average molecular weight is 242 g/mol. The zero-order valence-electron chi connectivity index (χ0n) is 10.3. The van der Waals surface area contributed by atoms with Crippen LogP contribution in [0.2, 0.25) is 0 Å². The Morgan fingerprint density at radius 2 is 2.12 bits per heavy atom. The summed E-state index contributed by atoms with van der Waals surface area (Å²) in [5.41, 5.74) is 0.123. The van der Waals surface area contributed by atoms with Gasteiger partial charge in [0.25, 0.3) is 0 Å². The van der Waals surface area contributed by atoms with E-state index in [0.717, 1.165) is 19.4 Å². The van der Waals surface area contributed by atoms with Crippen LogP contribution >= 0.6 is 11.8 Å². The molecule has 2 nitrogen and oxygen atoms in total. The summed E-state index contributed by atoms with van der Waals surface area (Å²) in [5, 5.41) is 0. The van der Waals surface area contributed by atoms with Crippen molar-refractivity contribution in [1.82, 2.24) is 0 Å². The molecule has 3 heteroatoms. The lowest BCUT2D eigenvalue weighted by molar-refractivity contribution is -0.131. The van der Waals surface area contributed by atoms with Gasteiger partial charge < -0.3 is 4.74 Å². The first-order chi connectivity index (χ1) is 7.63. The third kappa shape index (κ3) is 2.62. The molecule has 2 unspecified atom stereocenters. The van der Waals surface area contributed by atoms with Crippen molar-refractivity contribution >= 4 is 17.5 Å². The minimum Gasteiger partial charge on any atom is -0.375 e. The second kappa shape index (κ2) is 5.09. The van der Waals surface area contributed by atoms with E-state index in [-0.39, 0.29) is 11.5 Å². The molecule has 0 aliphatic carbocycles. The minimum atomic E-state index is 0.123. The first kappa shape index (κ1) is 12.4. The Hall–Kier alpha value is -0.0200. The van der Waals surface area contributed by atoms with Crippen molar-refractivity contribution < 1.29 is 9.53 Å². The largest absolute Gasteiger partial charge is 0.375 e. The highest BCUT2D eigenvalue weighted by Gasteiger charge is 2.40. The molecule has 2 aliphatic heterocycles. The molecular weight excluding hydrogens is 220 g/mol. The number of Topliss-reactive ketones (excluding diaryl/α,β-unsaturated/α-hetero) is 1. The Kier molecular flexibility index (Phi) is 3.96. The van der Waals surface area contributed by atoms with Crippen LogP contribution in [-0.4, -0.2) is 29.5 Å². The van der Waals surface area contributed by atoms with Gasteiger partial charge in [0.1, 0.15) is 5.78 Å². The van der Waals surface area contributed by atoms with Crippen LogP contribution in [-0.2, 0) is 9.53 Å². The molecule has 0 aromatic heterocycles. The van der Waals surface area contributed by atoms with Crippen molar-refractivity contribution in [2.24, 2.45) is 11.8 Å².